The van der Waals surface area contributed by atoms with Crippen LogP contribution in [0.15, 0.2) is 55.1 Å². The van der Waals surface area contributed by atoms with Crippen molar-refractivity contribution >= 4 is 11.6 Å². The molecule has 184 valence electrons. The molecule has 0 N–H and O–H groups in total. The first-order valence-electron chi connectivity index (χ1n) is 11.1. The van der Waals surface area contributed by atoms with E-state index in [4.69, 9.17) is 16.3 Å². The zero-order valence-corrected chi connectivity index (χ0v) is 20.1. The van der Waals surface area contributed by atoms with E-state index < -0.39 is 6.61 Å². The fourth-order valence-corrected chi connectivity index (χ4v) is 4.09. The van der Waals surface area contributed by atoms with E-state index in [-0.39, 0.29) is 11.7 Å². The van der Waals surface area contributed by atoms with Crippen LogP contribution >= 0.6 is 11.6 Å². The summed E-state index contributed by atoms with van der Waals surface area (Å²) in [6.45, 7) is -1.06. The van der Waals surface area contributed by atoms with Crippen molar-refractivity contribution in [3.8, 4) is 22.9 Å². The minimum Gasteiger partial charge on any atom is -0.494 e. The van der Waals surface area contributed by atoms with Crippen LogP contribution in [0, 0.1) is 6.92 Å². The van der Waals surface area contributed by atoms with Gasteiger partial charge in [0, 0.05) is 17.9 Å². The average molecular weight is 503 g/mol. The number of aromatic nitrogens is 6. The van der Waals surface area contributed by atoms with Crippen molar-refractivity contribution in [2.45, 2.75) is 38.7 Å². The van der Waals surface area contributed by atoms with E-state index >= 15 is 0 Å². The first kappa shape index (κ1) is 24.6. The van der Waals surface area contributed by atoms with E-state index in [1.165, 1.54) is 18.5 Å². The number of hydrogen-bond donors (Lipinski definition) is 0. The molecular weight excluding hydrogens is 478 g/mol. The number of benzene rings is 2. The summed E-state index contributed by atoms with van der Waals surface area (Å²) in [6.07, 6.45) is 5.60. The molecule has 0 saturated heterocycles. The van der Waals surface area contributed by atoms with E-state index in [2.05, 4.69) is 24.9 Å². The highest BCUT2D eigenvalue weighted by Gasteiger charge is 2.22. The quantitative estimate of drug-likeness (QED) is 0.204. The van der Waals surface area contributed by atoms with Gasteiger partial charge in [0.2, 0.25) is 0 Å². The molecule has 35 heavy (non-hydrogen) atoms. The number of ether oxygens (including phenoxy) is 2. The van der Waals surface area contributed by atoms with Gasteiger partial charge in [-0.05, 0) is 49.6 Å². The van der Waals surface area contributed by atoms with Gasteiger partial charge in [-0.1, -0.05) is 18.6 Å². The van der Waals surface area contributed by atoms with Crippen LogP contribution in [0.25, 0.3) is 11.4 Å². The van der Waals surface area contributed by atoms with Crippen LogP contribution in [-0.4, -0.2) is 49.1 Å². The molecule has 0 aliphatic rings. The number of halogens is 3. The van der Waals surface area contributed by atoms with Gasteiger partial charge in [0.25, 0.3) is 0 Å². The van der Waals surface area contributed by atoms with Crippen LogP contribution in [0.5, 0.6) is 11.5 Å². The first-order chi connectivity index (χ1) is 17.0. The van der Waals surface area contributed by atoms with Gasteiger partial charge in [-0.2, -0.15) is 19.0 Å². The number of unbranched alkanes of at least 4 members (excludes halogenated alkanes) is 1. The van der Waals surface area contributed by atoms with Gasteiger partial charge < -0.3 is 9.47 Å². The van der Waals surface area contributed by atoms with Gasteiger partial charge in [-0.3, -0.25) is 0 Å². The van der Waals surface area contributed by atoms with Crippen LogP contribution in [0.1, 0.15) is 42.4 Å². The van der Waals surface area contributed by atoms with E-state index in [0.717, 1.165) is 36.2 Å². The second-order valence-corrected chi connectivity index (χ2v) is 8.19. The van der Waals surface area contributed by atoms with Crippen LogP contribution in [0.2, 0.25) is 0 Å². The lowest BCUT2D eigenvalue weighted by atomic mass is 9.92. The van der Waals surface area contributed by atoms with Gasteiger partial charge in [0.05, 0.1) is 12.8 Å². The van der Waals surface area contributed by atoms with Crippen LogP contribution in [-0.2, 0) is 0 Å². The summed E-state index contributed by atoms with van der Waals surface area (Å²) in [7, 11) is 1.59. The predicted octanol–water partition coefficient (Wildman–Crippen LogP) is 5.31. The maximum atomic E-state index is 12.6. The van der Waals surface area contributed by atoms with Crippen molar-refractivity contribution in [3.63, 3.8) is 0 Å². The minimum atomic E-state index is -2.87. The van der Waals surface area contributed by atoms with E-state index in [9.17, 15) is 8.78 Å². The number of alkyl halides is 3. The number of hydrogen-bond acceptors (Lipinski definition) is 6. The van der Waals surface area contributed by atoms with Crippen LogP contribution in [0.4, 0.5) is 8.78 Å². The summed E-state index contributed by atoms with van der Waals surface area (Å²) in [5, 5.41) is 8.82. The lowest BCUT2D eigenvalue weighted by Gasteiger charge is -2.19. The second-order valence-electron chi connectivity index (χ2n) is 7.81. The molecule has 1 unspecified atom stereocenters. The van der Waals surface area contributed by atoms with Gasteiger partial charge in [-0.25, -0.2) is 19.3 Å². The van der Waals surface area contributed by atoms with Gasteiger partial charge >= 0.3 is 6.61 Å². The highest BCUT2D eigenvalue weighted by Crippen LogP contribution is 2.33. The van der Waals surface area contributed by atoms with Crippen LogP contribution < -0.4 is 9.47 Å². The molecule has 2 aromatic carbocycles. The van der Waals surface area contributed by atoms with Crippen molar-refractivity contribution in [2.24, 2.45) is 0 Å². The number of nitrogens with zero attached hydrogens (tertiary/aromatic N) is 6. The molecular formula is C24H25ClF2N6O2. The molecule has 1 atom stereocenters. The normalized spacial score (nSPS) is 12.2. The standard InChI is InChI=1S/C24H25ClF2N6O2/c1-16-29-15-32(31-16)21-11-8-18(13-22(21)34-2)33-23(28-14-30-33)20(5-3-4-12-25)17-6-9-19(10-7-17)35-24(26)27/h6-11,13-15,20,24H,3-5,12H2,1-2H3. The summed E-state index contributed by atoms with van der Waals surface area (Å²) in [6, 6.07) is 12.3. The summed E-state index contributed by atoms with van der Waals surface area (Å²) >= 11 is 5.91. The number of rotatable bonds is 11. The maximum absolute atomic E-state index is 12.6. The summed E-state index contributed by atoms with van der Waals surface area (Å²) in [5.74, 6) is 2.49. The van der Waals surface area contributed by atoms with Crippen molar-refractivity contribution in [3.05, 3.63) is 72.3 Å². The highest BCUT2D eigenvalue weighted by atomic mass is 35.5. The lowest BCUT2D eigenvalue weighted by Crippen LogP contribution is -2.12. The van der Waals surface area contributed by atoms with Crippen molar-refractivity contribution in [1.29, 1.82) is 0 Å². The molecule has 0 amide bonds. The Bertz CT molecular complexity index is 1250. The molecule has 0 spiro atoms. The Balaban J connectivity index is 1.69. The Kier molecular flexibility index (Phi) is 7.91. The molecule has 0 aliphatic carbocycles. The van der Waals surface area contributed by atoms with Gasteiger partial charge in [0.1, 0.15) is 41.5 Å². The smallest absolute Gasteiger partial charge is 0.387 e. The van der Waals surface area contributed by atoms with Crippen LogP contribution in [0.3, 0.4) is 0 Å². The molecule has 4 aromatic rings. The molecule has 2 aromatic heterocycles. The summed E-state index contributed by atoms with van der Waals surface area (Å²) in [4.78, 5) is 8.74. The molecule has 0 saturated carbocycles. The molecule has 4 rings (SSSR count). The summed E-state index contributed by atoms with van der Waals surface area (Å²) < 4.78 is 38.7. The maximum Gasteiger partial charge on any atom is 0.387 e. The largest absolute Gasteiger partial charge is 0.494 e. The third-order valence-electron chi connectivity index (χ3n) is 5.53. The Morgan fingerprint density at radius 2 is 1.86 bits per heavy atom. The van der Waals surface area contributed by atoms with Crippen molar-refractivity contribution in [1.82, 2.24) is 29.5 Å². The fraction of sp³-hybridized carbons (Fsp3) is 0.333. The summed E-state index contributed by atoms with van der Waals surface area (Å²) in [5.41, 5.74) is 2.42. The minimum absolute atomic E-state index is 0.105. The second kappa shape index (κ2) is 11.3. The van der Waals surface area contributed by atoms with E-state index in [1.807, 2.05) is 25.1 Å². The number of aryl methyl sites for hydroxylation is 1. The monoisotopic (exact) mass is 502 g/mol. The predicted molar refractivity (Wildman–Crippen MR) is 127 cm³/mol. The SMILES string of the molecule is COc1cc(-n2ncnc2C(CCCCCl)c2ccc(OC(F)F)cc2)ccc1-n1cnc(C)n1. The van der Waals surface area contributed by atoms with Gasteiger partial charge in [-0.15, -0.1) is 11.6 Å². The molecule has 0 fully saturated rings. The molecule has 0 aliphatic heterocycles. The molecule has 2 heterocycles. The van der Waals surface area contributed by atoms with E-state index in [1.54, 1.807) is 34.9 Å². The molecule has 11 heteroatoms. The Hall–Kier alpha value is -3.53. The molecule has 8 nitrogen and oxygen atoms in total. The zero-order chi connectivity index (χ0) is 24.8. The molecule has 0 radical (unpaired) electrons. The third-order valence-corrected chi connectivity index (χ3v) is 5.80. The van der Waals surface area contributed by atoms with Crippen molar-refractivity contribution in [2.75, 3.05) is 13.0 Å². The topological polar surface area (TPSA) is 79.9 Å². The molecule has 0 bridgehead atoms. The van der Waals surface area contributed by atoms with E-state index in [0.29, 0.717) is 23.3 Å². The Morgan fingerprint density at radius 1 is 1.06 bits per heavy atom. The highest BCUT2D eigenvalue weighted by molar-refractivity contribution is 6.17. The average Bonchev–Trinajstić information content (AvgIpc) is 3.51. The fourth-order valence-electron chi connectivity index (χ4n) is 3.91. The van der Waals surface area contributed by atoms with Crippen molar-refractivity contribution < 1.29 is 18.3 Å². The third kappa shape index (κ3) is 5.76. The Morgan fingerprint density at radius 3 is 2.51 bits per heavy atom. The van der Waals surface area contributed by atoms with Gasteiger partial charge in [0.15, 0.2) is 0 Å². The number of methoxy groups -OCH3 is 1. The first-order valence-corrected chi connectivity index (χ1v) is 11.6. The Labute approximate surface area is 206 Å². The zero-order valence-electron chi connectivity index (χ0n) is 19.3. The lowest BCUT2D eigenvalue weighted by molar-refractivity contribution is -0.0498.